The van der Waals surface area contributed by atoms with Crippen LogP contribution in [0.4, 0.5) is 0 Å². The number of benzene rings is 2. The van der Waals surface area contributed by atoms with Crippen molar-refractivity contribution < 1.29 is 17.9 Å². The highest BCUT2D eigenvalue weighted by Gasteiger charge is 2.23. The molecule has 0 saturated heterocycles. The molecule has 0 radical (unpaired) electrons. The zero-order chi connectivity index (χ0) is 18.4. The second kappa shape index (κ2) is 8.36. The van der Waals surface area contributed by atoms with Crippen LogP contribution in [0.15, 0.2) is 53.4 Å². The Morgan fingerprint density at radius 3 is 2.16 bits per heavy atom. The molecular formula is C19H25NO4S. The molecule has 0 aliphatic carbocycles. The number of ether oxygens (including phenoxy) is 2. The Bertz CT molecular complexity index is 788. The van der Waals surface area contributed by atoms with Gasteiger partial charge in [0.15, 0.2) is 11.5 Å². The van der Waals surface area contributed by atoms with Gasteiger partial charge in [-0.1, -0.05) is 44.2 Å². The summed E-state index contributed by atoms with van der Waals surface area (Å²) < 4.78 is 38.9. The number of rotatable bonds is 8. The van der Waals surface area contributed by atoms with Crippen LogP contribution in [0.2, 0.25) is 0 Å². The number of methoxy groups -OCH3 is 2. The van der Waals surface area contributed by atoms with Gasteiger partial charge in [-0.2, -0.15) is 0 Å². The molecule has 0 fully saturated rings. The van der Waals surface area contributed by atoms with E-state index in [9.17, 15) is 8.42 Å². The van der Waals surface area contributed by atoms with Crippen LogP contribution in [0, 0.1) is 5.92 Å². The Hall–Kier alpha value is -2.05. The SMILES string of the molecule is COc1ccc(S(=O)(=O)N[C@@H](CC(C)C)c2ccccc2)cc1OC. The lowest BCUT2D eigenvalue weighted by atomic mass is 9.98. The van der Waals surface area contributed by atoms with Crippen LogP contribution in [-0.2, 0) is 10.0 Å². The average Bonchev–Trinajstić information content (AvgIpc) is 2.60. The first-order valence-corrected chi connectivity index (χ1v) is 9.65. The lowest BCUT2D eigenvalue weighted by molar-refractivity contribution is 0.354. The maximum Gasteiger partial charge on any atom is 0.241 e. The monoisotopic (exact) mass is 363 g/mol. The van der Waals surface area contributed by atoms with Gasteiger partial charge in [0.25, 0.3) is 0 Å². The van der Waals surface area contributed by atoms with E-state index in [-0.39, 0.29) is 10.9 Å². The highest BCUT2D eigenvalue weighted by Crippen LogP contribution is 2.30. The van der Waals surface area contributed by atoms with Gasteiger partial charge in [0.05, 0.1) is 19.1 Å². The number of hydrogen-bond donors (Lipinski definition) is 1. The van der Waals surface area contributed by atoms with E-state index in [1.807, 2.05) is 30.3 Å². The summed E-state index contributed by atoms with van der Waals surface area (Å²) in [5.74, 6) is 1.21. The van der Waals surface area contributed by atoms with E-state index in [1.54, 1.807) is 6.07 Å². The van der Waals surface area contributed by atoms with Crippen LogP contribution in [0.3, 0.4) is 0 Å². The maximum atomic E-state index is 12.9. The van der Waals surface area contributed by atoms with Crippen molar-refractivity contribution in [3.8, 4) is 11.5 Å². The highest BCUT2D eigenvalue weighted by atomic mass is 32.2. The largest absolute Gasteiger partial charge is 0.493 e. The quantitative estimate of drug-likeness (QED) is 0.775. The van der Waals surface area contributed by atoms with Crippen molar-refractivity contribution in [3.05, 3.63) is 54.1 Å². The van der Waals surface area contributed by atoms with Gasteiger partial charge in [-0.15, -0.1) is 0 Å². The summed E-state index contributed by atoms with van der Waals surface area (Å²) in [7, 11) is -0.705. The van der Waals surface area contributed by atoms with Gasteiger partial charge < -0.3 is 9.47 Å². The van der Waals surface area contributed by atoms with Crippen LogP contribution in [0.1, 0.15) is 31.9 Å². The molecule has 6 heteroatoms. The Morgan fingerprint density at radius 1 is 0.960 bits per heavy atom. The lowest BCUT2D eigenvalue weighted by Crippen LogP contribution is -2.29. The fourth-order valence-electron chi connectivity index (χ4n) is 2.65. The van der Waals surface area contributed by atoms with Crippen LogP contribution in [0.25, 0.3) is 0 Å². The summed E-state index contributed by atoms with van der Waals surface area (Å²) in [4.78, 5) is 0.148. The van der Waals surface area contributed by atoms with Crippen molar-refractivity contribution in [2.24, 2.45) is 5.92 Å². The zero-order valence-corrected chi connectivity index (χ0v) is 15.8. The Morgan fingerprint density at radius 2 is 1.60 bits per heavy atom. The molecule has 2 aromatic carbocycles. The van der Waals surface area contributed by atoms with Gasteiger partial charge in [-0.05, 0) is 30.0 Å². The van der Waals surface area contributed by atoms with E-state index in [0.29, 0.717) is 23.8 Å². The Kier molecular flexibility index (Phi) is 6.45. The predicted octanol–water partition coefficient (Wildman–Crippen LogP) is 3.77. The Labute approximate surface area is 150 Å². The van der Waals surface area contributed by atoms with E-state index >= 15 is 0 Å². The molecule has 0 aromatic heterocycles. The molecule has 0 saturated carbocycles. The summed E-state index contributed by atoms with van der Waals surface area (Å²) in [5, 5.41) is 0. The zero-order valence-electron chi connectivity index (χ0n) is 15.0. The molecule has 2 rings (SSSR count). The minimum atomic E-state index is -3.70. The fraction of sp³-hybridized carbons (Fsp3) is 0.368. The van der Waals surface area contributed by atoms with Crippen LogP contribution >= 0.6 is 0 Å². The third kappa shape index (κ3) is 4.96. The van der Waals surface area contributed by atoms with E-state index < -0.39 is 10.0 Å². The topological polar surface area (TPSA) is 64.6 Å². The minimum absolute atomic E-state index is 0.148. The number of hydrogen-bond acceptors (Lipinski definition) is 4. The van der Waals surface area contributed by atoms with E-state index in [1.165, 1.54) is 26.4 Å². The van der Waals surface area contributed by atoms with Crippen molar-refractivity contribution in [3.63, 3.8) is 0 Å². The molecule has 25 heavy (non-hydrogen) atoms. The summed E-state index contributed by atoms with van der Waals surface area (Å²) >= 11 is 0. The third-order valence-corrected chi connectivity index (χ3v) is 5.34. The molecule has 0 aliphatic heterocycles. The van der Waals surface area contributed by atoms with E-state index in [2.05, 4.69) is 18.6 Å². The molecular weight excluding hydrogens is 338 g/mol. The molecule has 0 aliphatic rings. The average molecular weight is 363 g/mol. The molecule has 136 valence electrons. The molecule has 1 atom stereocenters. The summed E-state index contributed by atoms with van der Waals surface area (Å²) in [5.41, 5.74) is 0.945. The molecule has 0 unspecified atom stereocenters. The van der Waals surface area contributed by atoms with Crippen molar-refractivity contribution in [2.75, 3.05) is 14.2 Å². The summed E-state index contributed by atoms with van der Waals surface area (Å²) in [6, 6.07) is 13.9. The van der Waals surface area contributed by atoms with Gasteiger partial charge in [-0.25, -0.2) is 13.1 Å². The number of sulfonamides is 1. The molecule has 2 aromatic rings. The third-order valence-electron chi connectivity index (χ3n) is 3.87. The summed E-state index contributed by atoms with van der Waals surface area (Å²) in [6.07, 6.45) is 0.705. The second-order valence-electron chi connectivity index (χ2n) is 6.23. The molecule has 0 heterocycles. The van der Waals surface area contributed by atoms with Gasteiger partial charge in [-0.3, -0.25) is 0 Å². The lowest BCUT2D eigenvalue weighted by Gasteiger charge is -2.21. The normalized spacial score (nSPS) is 12.8. The van der Waals surface area contributed by atoms with E-state index in [4.69, 9.17) is 9.47 Å². The minimum Gasteiger partial charge on any atom is -0.493 e. The Balaban J connectivity index is 2.34. The second-order valence-corrected chi connectivity index (χ2v) is 7.94. The molecule has 0 bridgehead atoms. The summed E-state index contributed by atoms with van der Waals surface area (Å²) in [6.45, 7) is 4.14. The molecule has 5 nitrogen and oxygen atoms in total. The first-order chi connectivity index (χ1) is 11.9. The van der Waals surface area contributed by atoms with Gasteiger partial charge in [0, 0.05) is 12.1 Å². The molecule has 0 amide bonds. The van der Waals surface area contributed by atoms with Gasteiger partial charge in [0.1, 0.15) is 0 Å². The predicted molar refractivity (Wildman–Crippen MR) is 98.5 cm³/mol. The van der Waals surface area contributed by atoms with Crippen LogP contribution in [-0.4, -0.2) is 22.6 Å². The van der Waals surface area contributed by atoms with Crippen molar-refractivity contribution in [1.29, 1.82) is 0 Å². The van der Waals surface area contributed by atoms with Gasteiger partial charge in [0.2, 0.25) is 10.0 Å². The fourth-order valence-corrected chi connectivity index (χ4v) is 3.90. The van der Waals surface area contributed by atoms with Crippen LogP contribution in [0.5, 0.6) is 11.5 Å². The first kappa shape index (κ1) is 19.3. The smallest absolute Gasteiger partial charge is 0.241 e. The van der Waals surface area contributed by atoms with Gasteiger partial charge >= 0.3 is 0 Å². The van der Waals surface area contributed by atoms with Crippen molar-refractivity contribution in [1.82, 2.24) is 4.72 Å². The first-order valence-electron chi connectivity index (χ1n) is 8.16. The van der Waals surface area contributed by atoms with Crippen LogP contribution < -0.4 is 14.2 Å². The van der Waals surface area contributed by atoms with Crippen molar-refractivity contribution in [2.45, 2.75) is 31.2 Å². The molecule has 1 N–H and O–H groups in total. The van der Waals surface area contributed by atoms with E-state index in [0.717, 1.165) is 5.56 Å². The highest BCUT2D eigenvalue weighted by molar-refractivity contribution is 7.89. The maximum absolute atomic E-state index is 12.9. The van der Waals surface area contributed by atoms with Crippen molar-refractivity contribution >= 4 is 10.0 Å². The number of nitrogens with one attached hydrogen (secondary N) is 1. The standard InChI is InChI=1S/C19H25NO4S/c1-14(2)12-17(15-8-6-5-7-9-15)20-25(21,22)16-10-11-18(23-3)19(13-16)24-4/h5-11,13-14,17,20H,12H2,1-4H3/t17-/m0/s1. The molecule has 0 spiro atoms.